The summed E-state index contributed by atoms with van der Waals surface area (Å²) in [5.74, 6) is -5.51. The number of nitrogens with zero attached hydrogens (tertiary/aromatic N) is 4. The highest BCUT2D eigenvalue weighted by molar-refractivity contribution is 7.18. The van der Waals surface area contributed by atoms with Crippen LogP contribution in [0.15, 0.2) is 36.8 Å². The first-order valence-corrected chi connectivity index (χ1v) is 9.18. The van der Waals surface area contributed by atoms with Crippen LogP contribution in [0.2, 0.25) is 0 Å². The number of hydrogen-bond donors (Lipinski definition) is 3. The van der Waals surface area contributed by atoms with Crippen molar-refractivity contribution in [2.24, 2.45) is 0 Å². The van der Waals surface area contributed by atoms with Crippen molar-refractivity contribution in [1.29, 1.82) is 0 Å². The first kappa shape index (κ1) is 27.3. The molecule has 9 nitrogen and oxygen atoms in total. The Morgan fingerprint density at radius 3 is 1.91 bits per heavy atom. The highest BCUT2D eigenvalue weighted by Gasteiger charge is 2.38. The Morgan fingerprint density at radius 2 is 1.52 bits per heavy atom. The van der Waals surface area contributed by atoms with Gasteiger partial charge in [0.05, 0.1) is 17.1 Å². The van der Waals surface area contributed by atoms with Crippen LogP contribution in [-0.4, -0.2) is 54.3 Å². The van der Waals surface area contributed by atoms with E-state index in [1.54, 1.807) is 12.4 Å². The third kappa shape index (κ3) is 9.55. The summed E-state index contributed by atoms with van der Waals surface area (Å²) in [6.07, 6.45) is -4.63. The maximum absolute atomic E-state index is 10.6. The van der Waals surface area contributed by atoms with Crippen molar-refractivity contribution in [3.05, 3.63) is 48.0 Å². The number of aliphatic carboxylic acids is 2. The maximum Gasteiger partial charge on any atom is 0.490 e. The van der Waals surface area contributed by atoms with Crippen LogP contribution in [0.1, 0.15) is 11.3 Å². The van der Waals surface area contributed by atoms with Crippen LogP contribution in [0, 0.1) is 6.92 Å². The van der Waals surface area contributed by atoms with Gasteiger partial charge in [-0.25, -0.2) is 14.6 Å². The van der Waals surface area contributed by atoms with Gasteiger partial charge in [-0.1, -0.05) is 11.3 Å². The smallest absolute Gasteiger partial charge is 0.475 e. The van der Waals surface area contributed by atoms with Crippen molar-refractivity contribution in [3.8, 4) is 10.6 Å². The van der Waals surface area contributed by atoms with Gasteiger partial charge in [-0.3, -0.25) is 9.67 Å². The number of carboxylic acids is 2. The fraction of sp³-hybridized carbons (Fsp3) is 0.235. The predicted molar refractivity (Wildman–Crippen MR) is 103 cm³/mol. The van der Waals surface area contributed by atoms with Crippen LogP contribution in [0.5, 0.6) is 0 Å². The van der Waals surface area contributed by atoms with E-state index in [0.717, 1.165) is 22.8 Å². The molecule has 16 heteroatoms. The molecule has 33 heavy (non-hydrogen) atoms. The zero-order chi connectivity index (χ0) is 25.4. The lowest BCUT2D eigenvalue weighted by atomic mass is 10.3. The molecule has 0 amide bonds. The van der Waals surface area contributed by atoms with Gasteiger partial charge in [0.15, 0.2) is 5.13 Å². The molecule has 4 N–H and O–H groups in total. The Bertz CT molecular complexity index is 1040. The fourth-order valence-electron chi connectivity index (χ4n) is 1.90. The van der Waals surface area contributed by atoms with E-state index in [9.17, 15) is 26.3 Å². The lowest BCUT2D eigenvalue weighted by Crippen LogP contribution is -2.21. The highest BCUT2D eigenvalue weighted by atomic mass is 32.1. The topological polar surface area (TPSA) is 144 Å². The van der Waals surface area contributed by atoms with E-state index in [-0.39, 0.29) is 0 Å². The van der Waals surface area contributed by atoms with Crippen molar-refractivity contribution >= 4 is 28.4 Å². The van der Waals surface area contributed by atoms with Gasteiger partial charge in [-0.2, -0.15) is 31.4 Å². The molecular weight excluding hydrogens is 484 g/mol. The van der Waals surface area contributed by atoms with Crippen LogP contribution >= 0.6 is 11.3 Å². The number of hydrogen-bond acceptors (Lipinski definition) is 7. The minimum absolute atomic E-state index is 0.580. The minimum atomic E-state index is -5.08. The van der Waals surface area contributed by atoms with Crippen LogP contribution in [0.4, 0.5) is 31.5 Å². The molecule has 0 atom stereocenters. The second-order valence-electron chi connectivity index (χ2n) is 5.83. The Kier molecular flexibility index (Phi) is 9.33. The molecule has 0 aliphatic heterocycles. The first-order valence-electron chi connectivity index (χ1n) is 8.37. The Balaban J connectivity index is 0.000000324. The number of carbonyl (C=O) groups is 2. The molecule has 0 aliphatic carbocycles. The van der Waals surface area contributed by atoms with E-state index in [4.69, 9.17) is 25.5 Å². The quantitative estimate of drug-likeness (QED) is 0.464. The van der Waals surface area contributed by atoms with Gasteiger partial charge in [-0.05, 0) is 30.7 Å². The average molecular weight is 499 g/mol. The lowest BCUT2D eigenvalue weighted by molar-refractivity contribution is -0.193. The number of aromatic nitrogens is 4. The SMILES string of the molecule is Cc1nc(N)sc1-c1ccn(Cc2ccncc2)n1.O=C(O)C(F)(F)F.O=C(O)C(F)(F)F. The van der Waals surface area contributed by atoms with Gasteiger partial charge >= 0.3 is 24.3 Å². The molecule has 0 aromatic carbocycles. The number of nitrogens with two attached hydrogens (primary N) is 1. The normalized spacial score (nSPS) is 11.0. The molecular formula is C17H15F6N5O4S. The van der Waals surface area contributed by atoms with Gasteiger partial charge in [0.1, 0.15) is 5.69 Å². The second-order valence-corrected chi connectivity index (χ2v) is 6.86. The van der Waals surface area contributed by atoms with Gasteiger partial charge < -0.3 is 15.9 Å². The molecule has 0 radical (unpaired) electrons. The van der Waals surface area contributed by atoms with Gasteiger partial charge in [0.2, 0.25) is 0 Å². The number of anilines is 1. The summed E-state index contributed by atoms with van der Waals surface area (Å²) in [6, 6.07) is 5.95. The largest absolute Gasteiger partial charge is 0.490 e. The van der Waals surface area contributed by atoms with E-state index < -0.39 is 24.3 Å². The summed E-state index contributed by atoms with van der Waals surface area (Å²) in [5, 5.41) is 19.4. The van der Waals surface area contributed by atoms with Crippen molar-refractivity contribution in [3.63, 3.8) is 0 Å². The summed E-state index contributed by atoms with van der Waals surface area (Å²) in [4.78, 5) is 27.0. The van der Waals surface area contributed by atoms with Gasteiger partial charge in [-0.15, -0.1) is 0 Å². The van der Waals surface area contributed by atoms with Crippen LogP contribution in [0.25, 0.3) is 10.6 Å². The molecule has 3 aromatic rings. The number of nitrogen functional groups attached to an aromatic ring is 1. The Labute approximate surface area is 185 Å². The van der Waals surface area contributed by atoms with Crippen molar-refractivity contribution in [2.45, 2.75) is 25.8 Å². The number of rotatable bonds is 3. The molecule has 180 valence electrons. The highest BCUT2D eigenvalue weighted by Crippen LogP contribution is 2.29. The van der Waals surface area contributed by atoms with Crippen LogP contribution in [-0.2, 0) is 16.1 Å². The third-order valence-electron chi connectivity index (χ3n) is 3.27. The Hall–Kier alpha value is -3.69. The van der Waals surface area contributed by atoms with E-state index in [0.29, 0.717) is 5.13 Å². The summed E-state index contributed by atoms with van der Waals surface area (Å²) < 4.78 is 65.4. The number of carboxylic acid groups (broad SMARTS) is 2. The number of alkyl halides is 6. The molecule has 3 aromatic heterocycles. The number of aryl methyl sites for hydroxylation is 1. The lowest BCUT2D eigenvalue weighted by Gasteiger charge is -2.00. The van der Waals surface area contributed by atoms with Crippen molar-refractivity contribution < 1.29 is 46.1 Å². The average Bonchev–Trinajstić information content (AvgIpc) is 3.27. The van der Waals surface area contributed by atoms with E-state index in [2.05, 4.69) is 15.1 Å². The molecule has 0 saturated heterocycles. The fourth-order valence-corrected chi connectivity index (χ4v) is 2.70. The zero-order valence-corrected chi connectivity index (χ0v) is 17.2. The van der Waals surface area contributed by atoms with E-state index in [1.807, 2.05) is 36.0 Å². The molecule has 0 bridgehead atoms. The van der Waals surface area contributed by atoms with E-state index >= 15 is 0 Å². The molecule has 0 aliphatic rings. The molecule has 3 heterocycles. The van der Waals surface area contributed by atoms with Crippen LogP contribution in [0.3, 0.4) is 0 Å². The first-order chi connectivity index (χ1) is 15.1. The molecule has 0 unspecified atom stereocenters. The van der Waals surface area contributed by atoms with E-state index in [1.165, 1.54) is 16.9 Å². The number of pyridine rings is 1. The molecule has 0 spiro atoms. The van der Waals surface area contributed by atoms with Crippen molar-refractivity contribution in [2.75, 3.05) is 5.73 Å². The maximum atomic E-state index is 10.6. The van der Waals surface area contributed by atoms with Crippen molar-refractivity contribution in [1.82, 2.24) is 19.7 Å². The molecule has 0 fully saturated rings. The van der Waals surface area contributed by atoms with Gasteiger partial charge in [0.25, 0.3) is 0 Å². The zero-order valence-electron chi connectivity index (χ0n) is 16.4. The second kappa shape index (κ2) is 11.3. The number of thiazole rings is 1. The van der Waals surface area contributed by atoms with Gasteiger partial charge in [0, 0.05) is 18.6 Å². The monoisotopic (exact) mass is 499 g/mol. The van der Waals surface area contributed by atoms with Crippen LogP contribution < -0.4 is 5.73 Å². The minimum Gasteiger partial charge on any atom is -0.475 e. The Morgan fingerprint density at radius 1 is 1.03 bits per heavy atom. The number of halogens is 6. The summed E-state index contributed by atoms with van der Waals surface area (Å²) >= 11 is 1.47. The molecule has 0 saturated carbocycles. The summed E-state index contributed by atoms with van der Waals surface area (Å²) in [7, 11) is 0. The molecule has 3 rings (SSSR count). The summed E-state index contributed by atoms with van der Waals surface area (Å²) in [6.45, 7) is 2.68. The summed E-state index contributed by atoms with van der Waals surface area (Å²) in [5.41, 5.74) is 8.73. The third-order valence-corrected chi connectivity index (χ3v) is 4.27. The standard InChI is InChI=1S/C13H13N5S.2C2HF3O2/c1-9-12(19-13(14)16-9)11-4-7-18(17-11)8-10-2-5-15-6-3-10;2*3-2(4,5)1(6)7/h2-7H,8H2,1H3,(H2,14,16);2*(H,6,7). The predicted octanol–water partition coefficient (Wildman–Crippen LogP) is 3.61.